The molecule has 2 unspecified atom stereocenters. The SMILES string of the molecule is Cc1cccnc1CC(CCCN)NC(c1ccccc1)c1ncc[nH]1. The molecule has 4 N–H and O–H groups in total. The van der Waals surface area contributed by atoms with Crippen molar-refractivity contribution in [3.8, 4) is 0 Å². The van der Waals surface area contributed by atoms with Gasteiger partial charge in [0.15, 0.2) is 0 Å². The molecule has 2 atom stereocenters. The molecule has 0 bridgehead atoms. The second-order valence-corrected chi connectivity index (χ2v) is 6.58. The molecule has 0 saturated heterocycles. The standard InChI is InChI=1S/C21H27N5/c1-16-7-6-12-23-19(16)15-18(10-5-11-22)26-20(21-24-13-14-25-21)17-8-3-2-4-9-17/h2-4,6-9,12-14,18,20,26H,5,10-11,15,22H2,1H3,(H,24,25). The molecule has 0 fully saturated rings. The van der Waals surface area contributed by atoms with Gasteiger partial charge in [-0.15, -0.1) is 0 Å². The molecule has 0 aliphatic heterocycles. The minimum absolute atomic E-state index is 0.0120. The Kier molecular flexibility index (Phi) is 6.52. The molecule has 0 spiro atoms. The predicted molar refractivity (Wildman–Crippen MR) is 105 cm³/mol. The second kappa shape index (κ2) is 9.27. The van der Waals surface area contributed by atoms with Crippen LogP contribution in [0.25, 0.3) is 0 Å². The zero-order valence-corrected chi connectivity index (χ0v) is 15.2. The van der Waals surface area contributed by atoms with Crippen LogP contribution < -0.4 is 11.1 Å². The average Bonchev–Trinajstić information content (AvgIpc) is 3.20. The van der Waals surface area contributed by atoms with Crippen LogP contribution in [0, 0.1) is 6.92 Å². The van der Waals surface area contributed by atoms with Crippen molar-refractivity contribution in [1.82, 2.24) is 20.3 Å². The quantitative estimate of drug-likeness (QED) is 0.554. The van der Waals surface area contributed by atoms with Crippen molar-refractivity contribution >= 4 is 0 Å². The van der Waals surface area contributed by atoms with E-state index in [1.807, 2.05) is 24.5 Å². The minimum atomic E-state index is 0.0120. The molecule has 2 aromatic heterocycles. The highest BCUT2D eigenvalue weighted by molar-refractivity contribution is 5.25. The third-order valence-electron chi connectivity index (χ3n) is 4.64. The first kappa shape index (κ1) is 18.3. The summed E-state index contributed by atoms with van der Waals surface area (Å²) in [6.45, 7) is 2.81. The van der Waals surface area contributed by atoms with Gasteiger partial charge in [0, 0.05) is 36.7 Å². The lowest BCUT2D eigenvalue weighted by molar-refractivity contribution is 0.422. The number of H-pyrrole nitrogens is 1. The van der Waals surface area contributed by atoms with Gasteiger partial charge in [-0.3, -0.25) is 4.98 Å². The van der Waals surface area contributed by atoms with Crippen LogP contribution in [-0.4, -0.2) is 27.5 Å². The maximum Gasteiger partial charge on any atom is 0.127 e. The van der Waals surface area contributed by atoms with E-state index in [0.717, 1.165) is 30.8 Å². The highest BCUT2D eigenvalue weighted by Crippen LogP contribution is 2.21. The number of aromatic amines is 1. The maximum absolute atomic E-state index is 5.77. The number of pyridine rings is 1. The predicted octanol–water partition coefficient (Wildman–Crippen LogP) is 3.14. The minimum Gasteiger partial charge on any atom is -0.347 e. The first-order valence-corrected chi connectivity index (χ1v) is 9.18. The number of nitrogens with two attached hydrogens (primary N) is 1. The first-order chi connectivity index (χ1) is 12.8. The second-order valence-electron chi connectivity index (χ2n) is 6.58. The molecule has 1 aromatic carbocycles. The Bertz CT molecular complexity index is 770. The van der Waals surface area contributed by atoms with E-state index in [-0.39, 0.29) is 12.1 Å². The van der Waals surface area contributed by atoms with Crippen LogP contribution in [0.2, 0.25) is 0 Å². The topological polar surface area (TPSA) is 79.6 Å². The summed E-state index contributed by atoms with van der Waals surface area (Å²) < 4.78 is 0. The number of nitrogens with zero attached hydrogens (tertiary/aromatic N) is 2. The average molecular weight is 349 g/mol. The fraction of sp³-hybridized carbons (Fsp3) is 0.333. The highest BCUT2D eigenvalue weighted by atomic mass is 15.0. The van der Waals surface area contributed by atoms with Gasteiger partial charge in [-0.25, -0.2) is 4.98 Å². The Morgan fingerprint density at radius 2 is 1.92 bits per heavy atom. The van der Waals surface area contributed by atoms with Crippen LogP contribution in [0.3, 0.4) is 0 Å². The van der Waals surface area contributed by atoms with Crippen molar-refractivity contribution < 1.29 is 0 Å². The fourth-order valence-corrected chi connectivity index (χ4v) is 3.22. The van der Waals surface area contributed by atoms with Crippen LogP contribution in [0.5, 0.6) is 0 Å². The molecule has 0 saturated carbocycles. The lowest BCUT2D eigenvalue weighted by Crippen LogP contribution is -2.36. The van der Waals surface area contributed by atoms with Gasteiger partial charge in [0.1, 0.15) is 5.82 Å². The van der Waals surface area contributed by atoms with Gasteiger partial charge in [-0.05, 0) is 43.5 Å². The summed E-state index contributed by atoms with van der Waals surface area (Å²) in [5.74, 6) is 0.923. The molecular formula is C21H27N5. The van der Waals surface area contributed by atoms with Gasteiger partial charge < -0.3 is 16.0 Å². The summed E-state index contributed by atoms with van der Waals surface area (Å²) in [5, 5.41) is 3.79. The Morgan fingerprint density at radius 1 is 1.08 bits per heavy atom. The summed E-state index contributed by atoms with van der Waals surface area (Å²) in [5.41, 5.74) is 9.32. The molecule has 0 radical (unpaired) electrons. The van der Waals surface area contributed by atoms with E-state index in [2.05, 4.69) is 57.5 Å². The number of imidazole rings is 1. The Morgan fingerprint density at radius 3 is 2.62 bits per heavy atom. The van der Waals surface area contributed by atoms with Crippen LogP contribution >= 0.6 is 0 Å². The van der Waals surface area contributed by atoms with Gasteiger partial charge in [0.25, 0.3) is 0 Å². The van der Waals surface area contributed by atoms with Gasteiger partial charge in [0.2, 0.25) is 0 Å². The number of hydrogen-bond acceptors (Lipinski definition) is 4. The molecule has 0 aliphatic rings. The molecule has 136 valence electrons. The number of hydrogen-bond donors (Lipinski definition) is 3. The highest BCUT2D eigenvalue weighted by Gasteiger charge is 2.21. The molecule has 3 rings (SSSR count). The molecule has 5 heteroatoms. The van der Waals surface area contributed by atoms with E-state index in [1.165, 1.54) is 11.1 Å². The van der Waals surface area contributed by atoms with Crippen LogP contribution in [0.4, 0.5) is 0 Å². The van der Waals surface area contributed by atoms with Gasteiger partial charge in [-0.2, -0.15) is 0 Å². The van der Waals surface area contributed by atoms with Crippen molar-refractivity contribution in [2.24, 2.45) is 5.73 Å². The molecule has 3 aromatic rings. The summed E-state index contributed by atoms with van der Waals surface area (Å²) in [6, 6.07) is 14.8. The number of aromatic nitrogens is 3. The molecule has 0 amide bonds. The number of rotatable bonds is 9. The summed E-state index contributed by atoms with van der Waals surface area (Å²) in [7, 11) is 0. The van der Waals surface area contributed by atoms with Crippen molar-refractivity contribution in [2.45, 2.75) is 38.3 Å². The van der Waals surface area contributed by atoms with Crippen molar-refractivity contribution in [1.29, 1.82) is 0 Å². The number of aryl methyl sites for hydroxylation is 1. The normalized spacial score (nSPS) is 13.5. The van der Waals surface area contributed by atoms with E-state index < -0.39 is 0 Å². The Balaban J connectivity index is 1.83. The van der Waals surface area contributed by atoms with E-state index in [0.29, 0.717) is 6.54 Å². The van der Waals surface area contributed by atoms with Crippen LogP contribution in [0.1, 0.15) is 41.5 Å². The van der Waals surface area contributed by atoms with Crippen molar-refractivity contribution in [2.75, 3.05) is 6.54 Å². The van der Waals surface area contributed by atoms with Gasteiger partial charge in [-0.1, -0.05) is 36.4 Å². The zero-order valence-electron chi connectivity index (χ0n) is 15.2. The number of benzene rings is 1. The van der Waals surface area contributed by atoms with Crippen LogP contribution in [-0.2, 0) is 6.42 Å². The molecule has 2 heterocycles. The van der Waals surface area contributed by atoms with Crippen molar-refractivity contribution in [3.05, 3.63) is 83.7 Å². The lowest BCUT2D eigenvalue weighted by atomic mass is 9.99. The van der Waals surface area contributed by atoms with Crippen molar-refractivity contribution in [3.63, 3.8) is 0 Å². The van der Waals surface area contributed by atoms with E-state index in [1.54, 1.807) is 6.20 Å². The van der Waals surface area contributed by atoms with E-state index in [4.69, 9.17) is 5.73 Å². The first-order valence-electron chi connectivity index (χ1n) is 9.18. The van der Waals surface area contributed by atoms with Gasteiger partial charge in [0.05, 0.1) is 6.04 Å². The largest absolute Gasteiger partial charge is 0.347 e. The maximum atomic E-state index is 5.77. The van der Waals surface area contributed by atoms with Crippen LogP contribution in [0.15, 0.2) is 61.1 Å². The Labute approximate surface area is 155 Å². The third-order valence-corrected chi connectivity index (χ3v) is 4.64. The van der Waals surface area contributed by atoms with Gasteiger partial charge >= 0.3 is 0 Å². The summed E-state index contributed by atoms with van der Waals surface area (Å²) in [6.07, 6.45) is 8.37. The smallest absolute Gasteiger partial charge is 0.127 e. The van der Waals surface area contributed by atoms with E-state index in [9.17, 15) is 0 Å². The molecule has 26 heavy (non-hydrogen) atoms. The number of nitrogens with one attached hydrogen (secondary N) is 2. The molecular weight excluding hydrogens is 322 g/mol. The monoisotopic (exact) mass is 349 g/mol. The fourth-order valence-electron chi connectivity index (χ4n) is 3.22. The molecule has 0 aliphatic carbocycles. The Hall–Kier alpha value is -2.50. The zero-order chi connectivity index (χ0) is 18.2. The molecule has 5 nitrogen and oxygen atoms in total. The summed E-state index contributed by atoms with van der Waals surface area (Å²) in [4.78, 5) is 12.3. The third kappa shape index (κ3) is 4.77. The lowest BCUT2D eigenvalue weighted by Gasteiger charge is -2.25. The summed E-state index contributed by atoms with van der Waals surface area (Å²) >= 11 is 0. The van der Waals surface area contributed by atoms with E-state index >= 15 is 0 Å².